The Morgan fingerprint density at radius 1 is 1.16 bits per heavy atom. The Morgan fingerprint density at radius 3 is 2.40 bits per heavy atom. The average molecular weight is 348 g/mol. The first-order valence-corrected chi connectivity index (χ1v) is 9.46. The van der Waals surface area contributed by atoms with Crippen LogP contribution in [0.25, 0.3) is 0 Å². The number of unbranched alkanes of at least 4 members (excludes halogenated alkanes) is 3. The summed E-state index contributed by atoms with van der Waals surface area (Å²) in [6, 6.07) is 0. The Kier molecular flexibility index (Phi) is 5.45. The van der Waals surface area contributed by atoms with E-state index in [9.17, 15) is 14.4 Å². The van der Waals surface area contributed by atoms with Crippen LogP contribution in [0.5, 0.6) is 0 Å². The van der Waals surface area contributed by atoms with Crippen molar-refractivity contribution in [3.05, 3.63) is 12.2 Å². The number of nitrogens with zero attached hydrogens (tertiary/aromatic N) is 2. The molecule has 2 unspecified atom stereocenters. The van der Waals surface area contributed by atoms with Crippen molar-refractivity contribution in [2.45, 2.75) is 39.0 Å². The maximum absolute atomic E-state index is 12.5. The molecule has 3 aliphatic rings. The number of carbonyl (C=O) groups excluding carboxylic acids is 3. The molecule has 2 fully saturated rings. The first-order chi connectivity index (χ1) is 12.0. The van der Waals surface area contributed by atoms with Gasteiger partial charge in [0.05, 0.1) is 18.4 Å². The third-order valence-corrected chi connectivity index (χ3v) is 5.76. The van der Waals surface area contributed by atoms with Gasteiger partial charge in [0, 0.05) is 13.6 Å². The number of amides is 3. The molecule has 3 amide bonds. The predicted molar refractivity (Wildman–Crippen MR) is 92.6 cm³/mol. The quantitative estimate of drug-likeness (QED) is 0.384. The summed E-state index contributed by atoms with van der Waals surface area (Å²) in [6.07, 6.45) is 9.08. The van der Waals surface area contributed by atoms with E-state index in [0.717, 1.165) is 25.7 Å². The van der Waals surface area contributed by atoms with E-state index < -0.39 is 6.09 Å². The number of ether oxygens (including phenoxy) is 1. The lowest BCUT2D eigenvalue weighted by molar-refractivity contribution is -0.141. The SMILES string of the molecule is CCCCCCN(C)C(=O)OCCN1C(=O)[C@@H]2C3C=CC(C3)[C@@H]2C1=O. The van der Waals surface area contributed by atoms with E-state index in [-0.39, 0.29) is 48.6 Å². The highest BCUT2D eigenvalue weighted by Crippen LogP contribution is 2.52. The van der Waals surface area contributed by atoms with Crippen LogP contribution in [-0.2, 0) is 14.3 Å². The second-order valence-electron chi connectivity index (χ2n) is 7.42. The van der Waals surface area contributed by atoms with Crippen LogP contribution in [0.4, 0.5) is 4.79 Å². The summed E-state index contributed by atoms with van der Waals surface area (Å²) < 4.78 is 5.24. The minimum atomic E-state index is -0.391. The predicted octanol–water partition coefficient (Wildman–Crippen LogP) is 2.44. The summed E-state index contributed by atoms with van der Waals surface area (Å²) in [5.74, 6) is -0.105. The van der Waals surface area contributed by atoms with Crippen LogP contribution in [0.2, 0.25) is 0 Å². The van der Waals surface area contributed by atoms with Crippen molar-refractivity contribution in [1.29, 1.82) is 0 Å². The highest BCUT2D eigenvalue weighted by atomic mass is 16.6. The van der Waals surface area contributed by atoms with E-state index in [1.807, 2.05) is 0 Å². The molecule has 0 spiro atoms. The number of hydrogen-bond donors (Lipinski definition) is 0. The van der Waals surface area contributed by atoms with Gasteiger partial charge in [-0.05, 0) is 24.7 Å². The molecule has 0 aromatic heterocycles. The Bertz CT molecular complexity index is 544. The lowest BCUT2D eigenvalue weighted by atomic mass is 9.85. The van der Waals surface area contributed by atoms with Crippen LogP contribution in [0, 0.1) is 23.7 Å². The van der Waals surface area contributed by atoms with Gasteiger partial charge in [0.15, 0.2) is 0 Å². The van der Waals surface area contributed by atoms with Gasteiger partial charge in [0.2, 0.25) is 11.8 Å². The Balaban J connectivity index is 1.41. The molecule has 1 saturated heterocycles. The lowest BCUT2D eigenvalue weighted by Crippen LogP contribution is -2.37. The van der Waals surface area contributed by atoms with Gasteiger partial charge in [0.25, 0.3) is 0 Å². The van der Waals surface area contributed by atoms with E-state index >= 15 is 0 Å². The number of allylic oxidation sites excluding steroid dienone is 2. The Hall–Kier alpha value is -1.85. The molecular weight excluding hydrogens is 320 g/mol. The second-order valence-corrected chi connectivity index (χ2v) is 7.42. The molecule has 25 heavy (non-hydrogen) atoms. The van der Waals surface area contributed by atoms with Gasteiger partial charge in [-0.15, -0.1) is 0 Å². The fourth-order valence-corrected chi connectivity index (χ4v) is 4.39. The normalized spacial score (nSPS) is 29.4. The summed E-state index contributed by atoms with van der Waals surface area (Å²) in [4.78, 5) is 39.9. The average Bonchev–Trinajstić information content (AvgIpc) is 3.27. The summed E-state index contributed by atoms with van der Waals surface area (Å²) in [6.45, 7) is 3.05. The third-order valence-electron chi connectivity index (χ3n) is 5.76. The summed E-state index contributed by atoms with van der Waals surface area (Å²) in [5, 5.41) is 0. The highest BCUT2D eigenvalue weighted by Gasteiger charge is 2.59. The van der Waals surface area contributed by atoms with E-state index in [1.54, 1.807) is 11.9 Å². The van der Waals surface area contributed by atoms with Gasteiger partial charge in [-0.2, -0.15) is 0 Å². The van der Waals surface area contributed by atoms with Crippen molar-refractivity contribution < 1.29 is 19.1 Å². The van der Waals surface area contributed by atoms with Crippen molar-refractivity contribution in [2.75, 3.05) is 26.7 Å². The van der Waals surface area contributed by atoms with Gasteiger partial charge in [0.1, 0.15) is 6.61 Å². The topological polar surface area (TPSA) is 66.9 Å². The molecule has 4 atom stereocenters. The fourth-order valence-electron chi connectivity index (χ4n) is 4.39. The van der Waals surface area contributed by atoms with Crippen molar-refractivity contribution >= 4 is 17.9 Å². The molecule has 1 heterocycles. The molecule has 2 aliphatic carbocycles. The smallest absolute Gasteiger partial charge is 0.409 e. The van der Waals surface area contributed by atoms with Crippen molar-refractivity contribution in [2.24, 2.45) is 23.7 Å². The molecule has 1 saturated carbocycles. The third kappa shape index (κ3) is 3.44. The van der Waals surface area contributed by atoms with Gasteiger partial charge in [-0.1, -0.05) is 38.3 Å². The van der Waals surface area contributed by atoms with Crippen molar-refractivity contribution in [3.8, 4) is 0 Å². The number of likely N-dealkylation sites (tertiary alicyclic amines) is 1. The van der Waals surface area contributed by atoms with Gasteiger partial charge in [-0.3, -0.25) is 14.5 Å². The largest absolute Gasteiger partial charge is 0.448 e. The van der Waals surface area contributed by atoms with Crippen molar-refractivity contribution in [3.63, 3.8) is 0 Å². The van der Waals surface area contributed by atoms with Gasteiger partial charge < -0.3 is 9.64 Å². The zero-order valence-electron chi connectivity index (χ0n) is 15.1. The van der Waals surface area contributed by atoms with E-state index in [1.165, 1.54) is 11.3 Å². The molecule has 6 heteroatoms. The Morgan fingerprint density at radius 2 is 1.80 bits per heavy atom. The van der Waals surface area contributed by atoms with E-state index in [2.05, 4.69) is 19.1 Å². The zero-order chi connectivity index (χ0) is 18.0. The van der Waals surface area contributed by atoms with Crippen LogP contribution in [0.1, 0.15) is 39.0 Å². The van der Waals surface area contributed by atoms with Crippen LogP contribution >= 0.6 is 0 Å². The van der Waals surface area contributed by atoms with Crippen LogP contribution in [0.3, 0.4) is 0 Å². The summed E-state index contributed by atoms with van der Waals surface area (Å²) in [5.41, 5.74) is 0. The second kappa shape index (κ2) is 7.58. The first kappa shape index (κ1) is 18.0. The maximum Gasteiger partial charge on any atom is 0.409 e. The Labute approximate surface area is 149 Å². The molecular formula is C19H28N2O4. The highest BCUT2D eigenvalue weighted by molar-refractivity contribution is 6.06. The number of carbonyl (C=O) groups is 3. The van der Waals surface area contributed by atoms with Crippen LogP contribution in [0.15, 0.2) is 12.2 Å². The summed E-state index contributed by atoms with van der Waals surface area (Å²) >= 11 is 0. The number of fused-ring (bicyclic) bond motifs is 5. The number of hydrogen-bond acceptors (Lipinski definition) is 4. The number of rotatable bonds is 8. The van der Waals surface area contributed by atoms with Gasteiger partial charge in [-0.25, -0.2) is 4.79 Å². The number of imide groups is 1. The minimum absolute atomic E-state index is 0.0673. The summed E-state index contributed by atoms with van der Waals surface area (Å²) in [7, 11) is 1.72. The first-order valence-electron chi connectivity index (χ1n) is 9.46. The van der Waals surface area contributed by atoms with Crippen LogP contribution in [-0.4, -0.2) is 54.5 Å². The van der Waals surface area contributed by atoms with Gasteiger partial charge >= 0.3 is 6.09 Å². The van der Waals surface area contributed by atoms with E-state index in [0.29, 0.717) is 6.54 Å². The molecule has 1 aliphatic heterocycles. The van der Waals surface area contributed by atoms with Crippen molar-refractivity contribution in [1.82, 2.24) is 9.80 Å². The molecule has 3 rings (SSSR count). The standard InChI is InChI=1S/C19H28N2O4/c1-3-4-5-6-9-20(2)19(24)25-11-10-21-17(22)15-13-7-8-14(12-13)16(15)18(21)23/h7-8,13-16H,3-6,9-12H2,1-2H3/t13?,14?,15-,16+. The molecule has 0 radical (unpaired) electrons. The molecule has 138 valence electrons. The minimum Gasteiger partial charge on any atom is -0.448 e. The molecule has 2 bridgehead atoms. The fraction of sp³-hybridized carbons (Fsp3) is 0.737. The zero-order valence-corrected chi connectivity index (χ0v) is 15.1. The molecule has 6 nitrogen and oxygen atoms in total. The lowest BCUT2D eigenvalue weighted by Gasteiger charge is -2.20. The monoisotopic (exact) mass is 348 g/mol. The molecule has 0 aromatic rings. The van der Waals surface area contributed by atoms with E-state index in [4.69, 9.17) is 4.74 Å². The maximum atomic E-state index is 12.5. The molecule has 0 N–H and O–H groups in total. The molecule has 0 aromatic carbocycles. The van der Waals surface area contributed by atoms with Crippen LogP contribution < -0.4 is 0 Å².